The van der Waals surface area contributed by atoms with Gasteiger partial charge in [-0.05, 0) is 56.2 Å². The summed E-state index contributed by atoms with van der Waals surface area (Å²) in [4.78, 5) is 31.5. The molecule has 3 rings (SSSR count). The van der Waals surface area contributed by atoms with Crippen molar-refractivity contribution in [3.63, 3.8) is 0 Å². The molecule has 1 aromatic heterocycles. The molecular formula is C19H19N3O5S. The van der Waals surface area contributed by atoms with Crippen molar-refractivity contribution in [2.24, 2.45) is 5.14 Å². The van der Waals surface area contributed by atoms with Crippen molar-refractivity contribution < 1.29 is 17.9 Å². The molecule has 0 aliphatic rings. The Bertz CT molecular complexity index is 1250. The molecule has 0 spiro atoms. The van der Waals surface area contributed by atoms with Gasteiger partial charge in [0.05, 0.1) is 21.4 Å². The molecule has 0 radical (unpaired) electrons. The number of nitrogens with two attached hydrogens (primary N) is 1. The number of hydrogen-bond donors (Lipinski definition) is 2. The van der Waals surface area contributed by atoms with Crippen molar-refractivity contribution in [1.82, 2.24) is 9.97 Å². The number of carbonyl (C=O) groups is 1. The topological polar surface area (TPSA) is 132 Å². The molecule has 3 aromatic rings. The minimum Gasteiger partial charge on any atom is -0.451 e. The average Bonchev–Trinajstić information content (AvgIpc) is 2.62. The number of nitrogens with one attached hydrogen (secondary N) is 1. The van der Waals surface area contributed by atoms with Gasteiger partial charge in [-0.15, -0.1) is 0 Å². The number of sulfonamides is 1. The Hall–Kier alpha value is -3.04. The summed E-state index contributed by atoms with van der Waals surface area (Å²) in [5.41, 5.74) is 1.23. The second kappa shape index (κ2) is 7.17. The molecule has 1 heterocycles. The molecule has 0 aliphatic carbocycles. The van der Waals surface area contributed by atoms with Crippen molar-refractivity contribution in [2.45, 2.75) is 31.8 Å². The van der Waals surface area contributed by atoms with E-state index in [1.165, 1.54) is 12.1 Å². The fraction of sp³-hybridized carbons (Fsp3) is 0.211. The Labute approximate surface area is 161 Å². The van der Waals surface area contributed by atoms with E-state index in [9.17, 15) is 18.0 Å². The van der Waals surface area contributed by atoms with Crippen LogP contribution in [-0.2, 0) is 14.8 Å². The molecule has 9 heteroatoms. The molecule has 146 valence electrons. The Morgan fingerprint density at radius 2 is 1.89 bits per heavy atom. The molecule has 1 atom stereocenters. The summed E-state index contributed by atoms with van der Waals surface area (Å²) in [6, 6.07) is 9.51. The van der Waals surface area contributed by atoms with Gasteiger partial charge in [0, 0.05) is 0 Å². The van der Waals surface area contributed by atoms with Crippen LogP contribution in [0.1, 0.15) is 40.3 Å². The molecule has 0 amide bonds. The van der Waals surface area contributed by atoms with E-state index in [2.05, 4.69) is 9.97 Å². The van der Waals surface area contributed by atoms with Crippen LogP contribution in [0.2, 0.25) is 0 Å². The molecule has 28 heavy (non-hydrogen) atoms. The minimum atomic E-state index is -3.99. The SMILES string of the molecule is Cc1cc(C(=O)O[C@H](C)c2nc3ccccc3c(=O)[nH]2)cc(S(N)(=O)=O)c1C. The van der Waals surface area contributed by atoms with Gasteiger partial charge in [0.1, 0.15) is 0 Å². The monoisotopic (exact) mass is 401 g/mol. The van der Waals surface area contributed by atoms with Crippen LogP contribution in [0.25, 0.3) is 10.9 Å². The highest BCUT2D eigenvalue weighted by Gasteiger charge is 2.21. The molecule has 8 nitrogen and oxygen atoms in total. The van der Waals surface area contributed by atoms with Gasteiger partial charge in [0.15, 0.2) is 11.9 Å². The number of esters is 1. The summed E-state index contributed by atoms with van der Waals surface area (Å²) in [6.45, 7) is 4.84. The van der Waals surface area contributed by atoms with Crippen LogP contribution < -0.4 is 10.7 Å². The van der Waals surface area contributed by atoms with Crippen LogP contribution in [0.3, 0.4) is 0 Å². The summed E-state index contributed by atoms with van der Waals surface area (Å²) in [5.74, 6) is -0.566. The molecule has 0 fully saturated rings. The fourth-order valence-electron chi connectivity index (χ4n) is 2.82. The van der Waals surface area contributed by atoms with Gasteiger partial charge in [-0.2, -0.15) is 0 Å². The number of nitrogens with zero attached hydrogens (tertiary/aromatic N) is 1. The number of benzene rings is 2. The lowest BCUT2D eigenvalue weighted by molar-refractivity contribution is 0.0319. The number of primary sulfonamides is 1. The summed E-state index contributed by atoms with van der Waals surface area (Å²) < 4.78 is 28.9. The number of aromatic nitrogens is 2. The van der Waals surface area contributed by atoms with Crippen LogP contribution in [0.4, 0.5) is 0 Å². The van der Waals surface area contributed by atoms with Crippen molar-refractivity contribution in [3.05, 3.63) is 69.3 Å². The maximum Gasteiger partial charge on any atom is 0.338 e. The van der Waals surface area contributed by atoms with Gasteiger partial charge in [0.2, 0.25) is 10.0 Å². The third kappa shape index (κ3) is 3.80. The van der Waals surface area contributed by atoms with E-state index in [0.717, 1.165) is 0 Å². The van der Waals surface area contributed by atoms with E-state index in [0.29, 0.717) is 22.0 Å². The number of rotatable bonds is 4. The lowest BCUT2D eigenvalue weighted by atomic mass is 10.1. The minimum absolute atomic E-state index is 0.0436. The summed E-state index contributed by atoms with van der Waals surface area (Å²) in [7, 11) is -3.99. The molecule has 0 saturated carbocycles. The lowest BCUT2D eigenvalue weighted by Gasteiger charge is -2.15. The molecule has 0 aliphatic heterocycles. The quantitative estimate of drug-likeness (QED) is 0.644. The Balaban J connectivity index is 1.93. The van der Waals surface area contributed by atoms with Crippen molar-refractivity contribution in [2.75, 3.05) is 0 Å². The maximum atomic E-state index is 12.5. The van der Waals surface area contributed by atoms with Crippen molar-refractivity contribution in [1.29, 1.82) is 0 Å². The number of aromatic amines is 1. The van der Waals surface area contributed by atoms with Gasteiger partial charge >= 0.3 is 5.97 Å². The van der Waals surface area contributed by atoms with Crippen LogP contribution in [-0.4, -0.2) is 24.4 Å². The van der Waals surface area contributed by atoms with E-state index in [-0.39, 0.29) is 21.8 Å². The van der Waals surface area contributed by atoms with Crippen LogP contribution >= 0.6 is 0 Å². The van der Waals surface area contributed by atoms with Crippen LogP contribution in [0, 0.1) is 13.8 Å². The molecule has 0 bridgehead atoms. The van der Waals surface area contributed by atoms with E-state index < -0.39 is 22.1 Å². The number of H-pyrrole nitrogens is 1. The smallest absolute Gasteiger partial charge is 0.338 e. The second-order valence-electron chi connectivity index (χ2n) is 6.48. The van der Waals surface area contributed by atoms with Crippen LogP contribution in [0.5, 0.6) is 0 Å². The molecular weight excluding hydrogens is 382 g/mol. The number of para-hydroxylation sites is 1. The molecule has 0 unspecified atom stereocenters. The summed E-state index contributed by atoms with van der Waals surface area (Å²) >= 11 is 0. The average molecular weight is 401 g/mol. The number of hydrogen-bond acceptors (Lipinski definition) is 6. The summed E-state index contributed by atoms with van der Waals surface area (Å²) in [5, 5.41) is 5.66. The van der Waals surface area contributed by atoms with E-state index in [1.807, 2.05) is 0 Å². The number of carbonyl (C=O) groups excluding carboxylic acids is 1. The zero-order chi connectivity index (χ0) is 20.6. The Morgan fingerprint density at radius 1 is 1.21 bits per heavy atom. The van der Waals surface area contributed by atoms with Gasteiger partial charge in [0.25, 0.3) is 5.56 Å². The van der Waals surface area contributed by atoms with Gasteiger partial charge in [-0.25, -0.2) is 23.3 Å². The normalized spacial score (nSPS) is 12.7. The Morgan fingerprint density at radius 3 is 2.57 bits per heavy atom. The highest BCUT2D eigenvalue weighted by Crippen LogP contribution is 2.22. The first kappa shape index (κ1) is 19.7. The fourth-order valence-corrected chi connectivity index (χ4v) is 3.70. The molecule has 2 aromatic carbocycles. The van der Waals surface area contributed by atoms with Crippen molar-refractivity contribution >= 4 is 26.9 Å². The number of fused-ring (bicyclic) bond motifs is 1. The van der Waals surface area contributed by atoms with E-state index in [4.69, 9.17) is 9.88 Å². The van der Waals surface area contributed by atoms with Crippen molar-refractivity contribution in [3.8, 4) is 0 Å². The maximum absolute atomic E-state index is 12.5. The van der Waals surface area contributed by atoms with E-state index in [1.54, 1.807) is 45.0 Å². The molecule has 0 saturated heterocycles. The predicted molar refractivity (Wildman–Crippen MR) is 103 cm³/mol. The first-order valence-corrected chi connectivity index (χ1v) is 9.96. The van der Waals surface area contributed by atoms with Crippen LogP contribution in [0.15, 0.2) is 46.1 Å². The summed E-state index contributed by atoms with van der Waals surface area (Å²) in [6.07, 6.45) is -0.857. The zero-order valence-electron chi connectivity index (χ0n) is 15.5. The second-order valence-corrected chi connectivity index (χ2v) is 8.01. The zero-order valence-corrected chi connectivity index (χ0v) is 16.3. The standard InChI is InChI=1S/C19H19N3O5S/c1-10-8-13(9-16(11(10)2)28(20,25)26)19(24)27-12(3)17-21-15-7-5-4-6-14(15)18(23)22-17/h4-9,12H,1-3H3,(H2,20,25,26)(H,21,22,23)/t12-/m1/s1. The first-order chi connectivity index (χ1) is 13.1. The lowest BCUT2D eigenvalue weighted by Crippen LogP contribution is -2.19. The third-order valence-electron chi connectivity index (χ3n) is 4.46. The first-order valence-electron chi connectivity index (χ1n) is 8.42. The van der Waals surface area contributed by atoms with Gasteiger partial charge in [-0.1, -0.05) is 12.1 Å². The largest absolute Gasteiger partial charge is 0.451 e. The number of aryl methyl sites for hydroxylation is 1. The number of ether oxygens (including phenoxy) is 1. The third-order valence-corrected chi connectivity index (χ3v) is 5.50. The Kier molecular flexibility index (Phi) is 5.05. The highest BCUT2D eigenvalue weighted by molar-refractivity contribution is 7.89. The highest BCUT2D eigenvalue weighted by atomic mass is 32.2. The molecule has 3 N–H and O–H groups in total. The van der Waals surface area contributed by atoms with E-state index >= 15 is 0 Å². The predicted octanol–water partition coefficient (Wildman–Crippen LogP) is 2.11. The van der Waals surface area contributed by atoms with Gasteiger partial charge in [-0.3, -0.25) is 4.79 Å². The van der Waals surface area contributed by atoms with Gasteiger partial charge < -0.3 is 9.72 Å².